The molecule has 0 radical (unpaired) electrons. The quantitative estimate of drug-likeness (QED) is 0.470. The molecule has 4 heterocycles. The number of nitrogens with zero attached hydrogens (tertiary/aromatic N) is 3. The number of dihydropyridines is 1. The van der Waals surface area contributed by atoms with Gasteiger partial charge in [-0.1, -0.05) is 6.08 Å². The topological polar surface area (TPSA) is 117 Å². The van der Waals surface area contributed by atoms with Crippen molar-refractivity contribution in [2.75, 3.05) is 24.1 Å². The lowest BCUT2D eigenvalue weighted by atomic mass is 9.82. The third kappa shape index (κ3) is 5.22. The minimum atomic E-state index is -4.42. The summed E-state index contributed by atoms with van der Waals surface area (Å²) in [6.07, 6.45) is 2.30. The maximum atomic E-state index is 13.0. The number of H-pyrrole nitrogens is 1. The number of ketones is 1. The Morgan fingerprint density at radius 3 is 2.60 bits per heavy atom. The van der Waals surface area contributed by atoms with E-state index in [0.29, 0.717) is 66.2 Å². The van der Waals surface area contributed by atoms with Crippen LogP contribution >= 0.6 is 0 Å². The molecule has 0 amide bonds. The molecule has 13 heteroatoms. The Labute approximate surface area is 228 Å². The summed E-state index contributed by atoms with van der Waals surface area (Å²) in [5.41, 5.74) is 0.829. The van der Waals surface area contributed by atoms with Gasteiger partial charge in [0, 0.05) is 49.8 Å². The van der Waals surface area contributed by atoms with Crippen LogP contribution in [-0.2, 0) is 16.2 Å². The number of nitrogens with one attached hydrogen (secondary N) is 2. The summed E-state index contributed by atoms with van der Waals surface area (Å²) < 4.78 is 70.9. The second kappa shape index (κ2) is 9.44. The predicted molar refractivity (Wildman–Crippen MR) is 144 cm³/mol. The lowest BCUT2D eigenvalue weighted by Crippen LogP contribution is -2.53. The molecule has 40 heavy (non-hydrogen) atoms. The number of aliphatic imine (C=N–C) groups is 1. The average Bonchev–Trinajstić information content (AvgIpc) is 3.32. The molecule has 3 aliphatic rings. The zero-order chi connectivity index (χ0) is 28.3. The molecular weight excluding hydrogens is 547 g/mol. The van der Waals surface area contributed by atoms with Crippen LogP contribution in [0.5, 0.6) is 5.75 Å². The van der Waals surface area contributed by atoms with Crippen LogP contribution in [0.3, 0.4) is 0 Å². The lowest BCUT2D eigenvalue weighted by Gasteiger charge is -2.45. The maximum Gasteiger partial charge on any atom is 0.416 e. The Kier molecular flexibility index (Phi) is 6.26. The van der Waals surface area contributed by atoms with Gasteiger partial charge in [0.05, 0.1) is 34.8 Å². The number of anilines is 1. The first-order valence-electron chi connectivity index (χ1n) is 12.8. The van der Waals surface area contributed by atoms with Crippen molar-refractivity contribution >= 4 is 44.3 Å². The van der Waals surface area contributed by atoms with Gasteiger partial charge >= 0.3 is 6.18 Å². The third-order valence-corrected chi connectivity index (χ3v) is 8.15. The summed E-state index contributed by atoms with van der Waals surface area (Å²) in [7, 11) is -3.46. The van der Waals surface area contributed by atoms with E-state index in [1.165, 1.54) is 12.1 Å². The third-order valence-electron chi connectivity index (χ3n) is 7.54. The van der Waals surface area contributed by atoms with Crippen molar-refractivity contribution in [3.05, 3.63) is 59.4 Å². The standard InChI is InChI=1S/C27H26F3N5O4S/c1-40(37,38)34-18-4-6-23-19(13-18)22(36)14-26(39-23)8-10-35(11-9-26)24-7-2-16(15-31-24)25-32-20-5-3-17(27(28,29)30)12-21(20)33-25/h2-6,12-13,15,24,34H,7-11,14H2,1H3,(H,32,33). The van der Waals surface area contributed by atoms with Crippen molar-refractivity contribution in [1.82, 2.24) is 14.9 Å². The number of sulfonamides is 1. The van der Waals surface area contributed by atoms with Crippen LogP contribution in [0.25, 0.3) is 16.6 Å². The summed E-state index contributed by atoms with van der Waals surface area (Å²) >= 11 is 0. The van der Waals surface area contributed by atoms with Gasteiger partial charge in [-0.3, -0.25) is 19.4 Å². The second-order valence-electron chi connectivity index (χ2n) is 10.5. The van der Waals surface area contributed by atoms with E-state index in [1.54, 1.807) is 18.3 Å². The van der Waals surface area contributed by atoms with E-state index in [0.717, 1.165) is 24.0 Å². The average molecular weight is 574 g/mol. The molecule has 6 rings (SSSR count). The Hall–Kier alpha value is -3.71. The molecule has 9 nitrogen and oxygen atoms in total. The number of hydrogen-bond acceptors (Lipinski definition) is 7. The molecule has 1 saturated heterocycles. The number of fused-ring (bicyclic) bond motifs is 2. The molecule has 2 N–H and O–H groups in total. The zero-order valence-electron chi connectivity index (χ0n) is 21.5. The van der Waals surface area contributed by atoms with Gasteiger partial charge in [0.15, 0.2) is 5.78 Å². The number of likely N-dealkylation sites (tertiary alicyclic amines) is 1. The molecule has 210 valence electrons. The van der Waals surface area contributed by atoms with Crippen LogP contribution in [0.1, 0.15) is 47.4 Å². The molecule has 2 aromatic carbocycles. The van der Waals surface area contributed by atoms with Gasteiger partial charge in [-0.2, -0.15) is 13.2 Å². The van der Waals surface area contributed by atoms with Crippen molar-refractivity contribution in [3.8, 4) is 5.75 Å². The van der Waals surface area contributed by atoms with E-state index in [-0.39, 0.29) is 18.4 Å². The number of carbonyl (C=O) groups excluding carboxylic acids is 1. The molecule has 1 unspecified atom stereocenters. The first kappa shape index (κ1) is 26.5. The number of aromatic amines is 1. The van der Waals surface area contributed by atoms with Crippen molar-refractivity contribution in [2.45, 2.75) is 43.6 Å². The molecule has 3 aromatic rings. The van der Waals surface area contributed by atoms with Gasteiger partial charge in [0.25, 0.3) is 0 Å². The largest absolute Gasteiger partial charge is 0.486 e. The SMILES string of the molecule is CS(=O)(=O)Nc1ccc2c(c1)C(=O)CC1(CCN(C3CC=C(c4nc5ccc(C(F)(F)F)cc5[nH]4)C=N3)CC1)O2. The van der Waals surface area contributed by atoms with E-state index in [2.05, 4.69) is 19.6 Å². The van der Waals surface area contributed by atoms with Crippen molar-refractivity contribution in [2.24, 2.45) is 4.99 Å². The molecule has 1 spiro atoms. The van der Waals surface area contributed by atoms with Gasteiger partial charge in [0.1, 0.15) is 23.3 Å². The van der Waals surface area contributed by atoms with Crippen LogP contribution in [-0.4, -0.2) is 66.4 Å². The molecule has 1 aromatic heterocycles. The van der Waals surface area contributed by atoms with Crippen LogP contribution in [0.15, 0.2) is 47.5 Å². The smallest absolute Gasteiger partial charge is 0.416 e. The molecule has 1 atom stereocenters. The summed E-state index contributed by atoms with van der Waals surface area (Å²) in [5, 5.41) is 0. The Morgan fingerprint density at radius 2 is 1.93 bits per heavy atom. The Balaban J connectivity index is 1.09. The highest BCUT2D eigenvalue weighted by atomic mass is 32.2. The van der Waals surface area contributed by atoms with Crippen LogP contribution in [0.2, 0.25) is 0 Å². The van der Waals surface area contributed by atoms with Crippen molar-refractivity contribution in [1.29, 1.82) is 0 Å². The van der Waals surface area contributed by atoms with Crippen LogP contribution < -0.4 is 9.46 Å². The van der Waals surface area contributed by atoms with Crippen LogP contribution in [0.4, 0.5) is 18.9 Å². The number of benzene rings is 2. The fourth-order valence-corrected chi connectivity index (χ4v) is 6.07. The fraction of sp³-hybridized carbons (Fsp3) is 0.370. The first-order chi connectivity index (χ1) is 18.9. The number of aromatic nitrogens is 2. The summed E-state index contributed by atoms with van der Waals surface area (Å²) in [4.78, 5) is 27.3. The van der Waals surface area contributed by atoms with E-state index < -0.39 is 27.4 Å². The van der Waals surface area contributed by atoms with E-state index >= 15 is 0 Å². The number of hydrogen-bond donors (Lipinski definition) is 2. The van der Waals surface area contributed by atoms with Crippen LogP contribution in [0, 0.1) is 0 Å². The van der Waals surface area contributed by atoms with Gasteiger partial charge < -0.3 is 9.72 Å². The number of rotatable bonds is 4. The lowest BCUT2D eigenvalue weighted by molar-refractivity contribution is -0.137. The number of piperidine rings is 1. The highest BCUT2D eigenvalue weighted by Gasteiger charge is 2.44. The number of halogens is 3. The Morgan fingerprint density at radius 1 is 1.15 bits per heavy atom. The molecule has 0 saturated carbocycles. The molecule has 1 fully saturated rings. The van der Waals surface area contributed by atoms with E-state index in [4.69, 9.17) is 9.73 Å². The number of Topliss-reactive ketones (excluding diaryl/α,β-unsaturated/α-hetero) is 1. The number of imidazole rings is 1. The predicted octanol–water partition coefficient (Wildman–Crippen LogP) is 4.64. The summed E-state index contributed by atoms with van der Waals surface area (Å²) in [5.74, 6) is 0.848. The minimum Gasteiger partial charge on any atom is -0.486 e. The monoisotopic (exact) mass is 573 g/mol. The first-order valence-corrected chi connectivity index (χ1v) is 14.7. The van der Waals surface area contributed by atoms with E-state index in [9.17, 15) is 26.4 Å². The molecule has 0 aliphatic carbocycles. The van der Waals surface area contributed by atoms with Crippen molar-refractivity contribution < 1.29 is 31.1 Å². The fourth-order valence-electron chi connectivity index (χ4n) is 5.52. The van der Waals surface area contributed by atoms with Gasteiger partial charge in [-0.25, -0.2) is 13.4 Å². The van der Waals surface area contributed by atoms with Gasteiger partial charge in [-0.15, -0.1) is 0 Å². The van der Waals surface area contributed by atoms with E-state index in [1.807, 2.05) is 6.08 Å². The minimum absolute atomic E-state index is 0.0803. The Bertz CT molecular complexity index is 1670. The molecule has 0 bridgehead atoms. The molecule has 3 aliphatic heterocycles. The zero-order valence-corrected chi connectivity index (χ0v) is 22.3. The second-order valence-corrected chi connectivity index (χ2v) is 12.2. The number of carbonyl (C=O) groups is 1. The summed E-state index contributed by atoms with van der Waals surface area (Å²) in [6, 6.07) is 8.16. The van der Waals surface area contributed by atoms with Crippen molar-refractivity contribution in [3.63, 3.8) is 0 Å². The number of allylic oxidation sites excluding steroid dienone is 1. The van der Waals surface area contributed by atoms with Gasteiger partial charge in [-0.05, 0) is 36.4 Å². The van der Waals surface area contributed by atoms with Gasteiger partial charge in [0.2, 0.25) is 10.0 Å². The maximum absolute atomic E-state index is 13.0. The highest BCUT2D eigenvalue weighted by Crippen LogP contribution is 2.41. The normalized spacial score (nSPS) is 21.2. The number of ether oxygens (including phenoxy) is 1. The summed E-state index contributed by atoms with van der Waals surface area (Å²) in [6.45, 7) is 1.35. The number of alkyl halides is 3. The molecular formula is C27H26F3N5O4S. The highest BCUT2D eigenvalue weighted by molar-refractivity contribution is 7.92.